The molecule has 2 N–H and O–H groups in total. The number of H-pyrrole nitrogens is 2. The molecule has 4 nitrogen and oxygen atoms in total. The zero-order chi connectivity index (χ0) is 11.4. The Labute approximate surface area is 93.6 Å². The highest BCUT2D eigenvalue weighted by atomic mass is 16.5. The summed E-state index contributed by atoms with van der Waals surface area (Å²) in [5.41, 5.74) is 1.35. The largest absolute Gasteiger partial charge is 0.491 e. The Balaban J connectivity index is 2.14. The standard InChI is InChI=1S/C12H16N2O2/c1-2-3-4-8-16-10-7-5-6-9-11(10)14-12(15)13-9/h5-7H,2-4,8H2,1H3,(H2,13,14,15). The number of unbranched alkanes of at least 4 members (excludes halogenated alkanes) is 2. The molecule has 86 valence electrons. The van der Waals surface area contributed by atoms with Gasteiger partial charge in [-0.3, -0.25) is 0 Å². The molecule has 0 aliphatic heterocycles. The van der Waals surface area contributed by atoms with Gasteiger partial charge < -0.3 is 14.7 Å². The second-order valence-electron chi connectivity index (χ2n) is 3.81. The molecule has 1 aromatic heterocycles. The van der Waals surface area contributed by atoms with E-state index in [2.05, 4.69) is 16.9 Å². The first-order chi connectivity index (χ1) is 7.81. The van der Waals surface area contributed by atoms with Gasteiger partial charge in [-0.25, -0.2) is 4.79 Å². The van der Waals surface area contributed by atoms with Crippen molar-refractivity contribution >= 4 is 11.0 Å². The van der Waals surface area contributed by atoms with Crippen LogP contribution in [-0.2, 0) is 0 Å². The summed E-state index contributed by atoms with van der Waals surface area (Å²) in [5.74, 6) is 0.743. The van der Waals surface area contributed by atoms with Crippen molar-refractivity contribution < 1.29 is 4.74 Å². The van der Waals surface area contributed by atoms with Gasteiger partial charge in [0.05, 0.1) is 12.1 Å². The molecule has 0 bridgehead atoms. The summed E-state index contributed by atoms with van der Waals surface area (Å²) in [6, 6.07) is 5.60. The summed E-state index contributed by atoms with van der Waals surface area (Å²) < 4.78 is 5.64. The minimum Gasteiger partial charge on any atom is -0.491 e. The number of imidazole rings is 1. The molecule has 0 unspecified atom stereocenters. The number of fused-ring (bicyclic) bond motifs is 1. The van der Waals surface area contributed by atoms with Gasteiger partial charge in [0.2, 0.25) is 0 Å². The van der Waals surface area contributed by atoms with E-state index in [9.17, 15) is 4.79 Å². The Morgan fingerprint density at radius 1 is 1.25 bits per heavy atom. The second kappa shape index (κ2) is 4.88. The van der Waals surface area contributed by atoms with Crippen molar-refractivity contribution in [3.05, 3.63) is 28.7 Å². The zero-order valence-corrected chi connectivity index (χ0v) is 9.38. The molecule has 0 aliphatic rings. The highest BCUT2D eigenvalue weighted by molar-refractivity contribution is 5.80. The fourth-order valence-electron chi connectivity index (χ4n) is 1.69. The Morgan fingerprint density at radius 3 is 2.94 bits per heavy atom. The van der Waals surface area contributed by atoms with Gasteiger partial charge >= 0.3 is 5.69 Å². The van der Waals surface area contributed by atoms with Gasteiger partial charge in [0.25, 0.3) is 0 Å². The topological polar surface area (TPSA) is 57.9 Å². The molecule has 0 fully saturated rings. The van der Waals surface area contributed by atoms with Crippen molar-refractivity contribution in [3.8, 4) is 5.75 Å². The van der Waals surface area contributed by atoms with Crippen molar-refractivity contribution in [1.29, 1.82) is 0 Å². The van der Waals surface area contributed by atoms with Crippen LogP contribution in [0, 0.1) is 0 Å². The van der Waals surface area contributed by atoms with Crippen LogP contribution in [0.15, 0.2) is 23.0 Å². The number of ether oxygens (including phenoxy) is 1. The van der Waals surface area contributed by atoms with Crippen molar-refractivity contribution in [2.24, 2.45) is 0 Å². The Morgan fingerprint density at radius 2 is 2.12 bits per heavy atom. The molecule has 0 saturated carbocycles. The first-order valence-corrected chi connectivity index (χ1v) is 5.65. The fourth-order valence-corrected chi connectivity index (χ4v) is 1.69. The van der Waals surface area contributed by atoms with Gasteiger partial charge in [-0.2, -0.15) is 0 Å². The minimum absolute atomic E-state index is 0.195. The van der Waals surface area contributed by atoms with Gasteiger partial charge in [-0.1, -0.05) is 25.8 Å². The molecular weight excluding hydrogens is 204 g/mol. The summed E-state index contributed by atoms with van der Waals surface area (Å²) >= 11 is 0. The maximum absolute atomic E-state index is 11.2. The van der Waals surface area contributed by atoms with E-state index in [1.807, 2.05) is 18.2 Å². The number of aromatic amines is 2. The average molecular weight is 220 g/mol. The van der Waals surface area contributed by atoms with Crippen LogP contribution in [-0.4, -0.2) is 16.6 Å². The van der Waals surface area contributed by atoms with E-state index in [1.165, 1.54) is 12.8 Å². The van der Waals surface area contributed by atoms with E-state index < -0.39 is 0 Å². The van der Waals surface area contributed by atoms with Crippen molar-refractivity contribution in [1.82, 2.24) is 9.97 Å². The van der Waals surface area contributed by atoms with E-state index in [1.54, 1.807) is 0 Å². The monoisotopic (exact) mass is 220 g/mol. The molecule has 2 aromatic rings. The van der Waals surface area contributed by atoms with E-state index in [0.29, 0.717) is 6.61 Å². The maximum atomic E-state index is 11.2. The predicted molar refractivity (Wildman–Crippen MR) is 63.9 cm³/mol. The molecule has 16 heavy (non-hydrogen) atoms. The van der Waals surface area contributed by atoms with E-state index >= 15 is 0 Å². The summed E-state index contributed by atoms with van der Waals surface area (Å²) in [4.78, 5) is 16.6. The summed E-state index contributed by atoms with van der Waals surface area (Å²) in [7, 11) is 0. The number of nitrogens with one attached hydrogen (secondary N) is 2. The second-order valence-corrected chi connectivity index (χ2v) is 3.81. The summed E-state index contributed by atoms with van der Waals surface area (Å²) in [6.07, 6.45) is 3.38. The van der Waals surface area contributed by atoms with Crippen LogP contribution in [0.4, 0.5) is 0 Å². The van der Waals surface area contributed by atoms with E-state index in [0.717, 1.165) is 23.2 Å². The Bertz CT molecular complexity index is 513. The third kappa shape index (κ3) is 2.27. The molecule has 0 atom stereocenters. The summed E-state index contributed by atoms with van der Waals surface area (Å²) in [5, 5.41) is 0. The maximum Gasteiger partial charge on any atom is 0.323 e. The normalized spacial score (nSPS) is 10.8. The predicted octanol–water partition coefficient (Wildman–Crippen LogP) is 2.43. The van der Waals surface area contributed by atoms with Crippen LogP contribution in [0.25, 0.3) is 11.0 Å². The number of para-hydroxylation sites is 1. The number of rotatable bonds is 5. The van der Waals surface area contributed by atoms with Crippen LogP contribution < -0.4 is 10.4 Å². The first-order valence-electron chi connectivity index (χ1n) is 5.65. The minimum atomic E-state index is -0.195. The molecule has 1 aromatic carbocycles. The molecular formula is C12H16N2O2. The van der Waals surface area contributed by atoms with Crippen molar-refractivity contribution in [2.45, 2.75) is 26.2 Å². The first kappa shape index (κ1) is 10.8. The average Bonchev–Trinajstić information content (AvgIpc) is 2.65. The van der Waals surface area contributed by atoms with Crippen LogP contribution in [0.1, 0.15) is 26.2 Å². The van der Waals surface area contributed by atoms with E-state index in [4.69, 9.17) is 4.74 Å². The molecule has 2 rings (SSSR count). The summed E-state index contributed by atoms with van der Waals surface area (Å²) in [6.45, 7) is 2.85. The van der Waals surface area contributed by atoms with Gasteiger partial charge in [-0.05, 0) is 18.6 Å². The zero-order valence-electron chi connectivity index (χ0n) is 9.38. The number of benzene rings is 1. The smallest absolute Gasteiger partial charge is 0.323 e. The number of hydrogen-bond acceptors (Lipinski definition) is 2. The molecule has 0 radical (unpaired) electrons. The third-order valence-corrected chi connectivity index (χ3v) is 2.52. The molecule has 0 aliphatic carbocycles. The van der Waals surface area contributed by atoms with Crippen molar-refractivity contribution in [2.75, 3.05) is 6.61 Å². The SMILES string of the molecule is CCCCCOc1cccc2[nH]c(=O)[nH]c12. The fraction of sp³-hybridized carbons (Fsp3) is 0.417. The van der Waals surface area contributed by atoms with Gasteiger partial charge in [-0.15, -0.1) is 0 Å². The highest BCUT2D eigenvalue weighted by Gasteiger charge is 2.04. The number of hydrogen-bond donors (Lipinski definition) is 2. The third-order valence-electron chi connectivity index (χ3n) is 2.52. The van der Waals surface area contributed by atoms with Crippen LogP contribution in [0.3, 0.4) is 0 Å². The molecule has 0 spiro atoms. The molecule has 0 amide bonds. The number of aromatic nitrogens is 2. The quantitative estimate of drug-likeness (QED) is 0.760. The Hall–Kier alpha value is -1.71. The lowest BCUT2D eigenvalue weighted by atomic mass is 10.2. The van der Waals surface area contributed by atoms with Crippen molar-refractivity contribution in [3.63, 3.8) is 0 Å². The molecule has 1 heterocycles. The van der Waals surface area contributed by atoms with Gasteiger partial charge in [0.15, 0.2) is 0 Å². The molecule has 4 heteroatoms. The lowest BCUT2D eigenvalue weighted by molar-refractivity contribution is 0.309. The highest BCUT2D eigenvalue weighted by Crippen LogP contribution is 2.21. The van der Waals surface area contributed by atoms with Gasteiger partial charge in [0.1, 0.15) is 11.3 Å². The van der Waals surface area contributed by atoms with Crippen LogP contribution in [0.2, 0.25) is 0 Å². The van der Waals surface area contributed by atoms with Crippen LogP contribution >= 0.6 is 0 Å². The Kier molecular flexibility index (Phi) is 3.29. The molecule has 0 saturated heterocycles. The lowest BCUT2D eigenvalue weighted by Gasteiger charge is -2.05. The van der Waals surface area contributed by atoms with Crippen LogP contribution in [0.5, 0.6) is 5.75 Å². The van der Waals surface area contributed by atoms with E-state index in [-0.39, 0.29) is 5.69 Å². The van der Waals surface area contributed by atoms with Gasteiger partial charge in [0, 0.05) is 0 Å². The lowest BCUT2D eigenvalue weighted by Crippen LogP contribution is -2.00.